The van der Waals surface area contributed by atoms with E-state index in [0.29, 0.717) is 0 Å². The van der Waals surface area contributed by atoms with Crippen LogP contribution in [0.15, 0.2) is 10.8 Å². The number of unbranched alkanes of at least 4 members (excludes halogenated alkanes) is 13. The Morgan fingerprint density at radius 3 is 1.83 bits per heavy atom. The van der Waals surface area contributed by atoms with Crippen molar-refractivity contribution in [2.24, 2.45) is 0 Å². The van der Waals surface area contributed by atoms with Crippen LogP contribution in [0.4, 0.5) is 0 Å². The van der Waals surface area contributed by atoms with Crippen molar-refractivity contribution in [1.82, 2.24) is 9.97 Å². The van der Waals surface area contributed by atoms with E-state index in [-0.39, 0.29) is 0 Å². The predicted molar refractivity (Wildman–Crippen MR) is 108 cm³/mol. The fourth-order valence-corrected chi connectivity index (χ4v) is 4.10. The van der Waals surface area contributed by atoms with Gasteiger partial charge in [-0.25, -0.2) is 4.98 Å². The second-order valence-corrected chi connectivity index (χ2v) is 7.94. The zero-order chi connectivity index (χ0) is 16.9. The molecule has 24 heavy (non-hydrogen) atoms. The van der Waals surface area contributed by atoms with Crippen LogP contribution in [0, 0.1) is 0 Å². The number of aromatic nitrogens is 2. The normalized spacial score (nSPS) is 11.5. The third-order valence-corrected chi connectivity index (χ3v) is 5.67. The molecule has 2 heterocycles. The standard InChI is InChI=1S/C21H36N2S/c1-2-3-4-5-6-7-8-9-10-11-12-13-14-15-16-21-22-19-17-24-18-20(19)23-21/h17-18H,2-16H2,1H3,(H,22,23). The maximum Gasteiger partial charge on any atom is 0.107 e. The lowest BCUT2D eigenvalue weighted by Crippen LogP contribution is -1.89. The summed E-state index contributed by atoms with van der Waals surface area (Å²) in [6, 6.07) is 0. The molecule has 0 saturated heterocycles. The van der Waals surface area contributed by atoms with Gasteiger partial charge >= 0.3 is 0 Å². The minimum Gasteiger partial charge on any atom is -0.341 e. The highest BCUT2D eigenvalue weighted by molar-refractivity contribution is 7.09. The zero-order valence-electron chi connectivity index (χ0n) is 15.6. The van der Waals surface area contributed by atoms with Gasteiger partial charge in [0.1, 0.15) is 5.82 Å². The Morgan fingerprint density at radius 1 is 0.750 bits per heavy atom. The van der Waals surface area contributed by atoms with Crippen LogP contribution in [-0.4, -0.2) is 9.97 Å². The molecule has 0 spiro atoms. The zero-order valence-corrected chi connectivity index (χ0v) is 16.4. The molecule has 0 fully saturated rings. The fourth-order valence-electron chi connectivity index (χ4n) is 3.40. The Morgan fingerprint density at radius 2 is 1.29 bits per heavy atom. The van der Waals surface area contributed by atoms with Gasteiger partial charge in [0.15, 0.2) is 0 Å². The number of nitrogens with one attached hydrogen (secondary N) is 1. The third-order valence-electron chi connectivity index (χ3n) is 4.94. The Balaban J connectivity index is 1.33. The van der Waals surface area contributed by atoms with Gasteiger partial charge in [-0.3, -0.25) is 0 Å². The van der Waals surface area contributed by atoms with Crippen LogP contribution in [0.3, 0.4) is 0 Å². The van der Waals surface area contributed by atoms with Gasteiger partial charge in [-0.15, -0.1) is 11.3 Å². The van der Waals surface area contributed by atoms with Crippen LogP contribution in [-0.2, 0) is 6.42 Å². The molecule has 0 aliphatic rings. The summed E-state index contributed by atoms with van der Waals surface area (Å²) in [5.41, 5.74) is 2.35. The SMILES string of the molecule is CCCCCCCCCCCCCCCCc1nc2cscc2[nH]1. The van der Waals surface area contributed by atoms with Gasteiger partial charge in [-0.1, -0.05) is 90.4 Å². The Kier molecular flexibility index (Phi) is 10.2. The van der Waals surface area contributed by atoms with E-state index in [1.54, 1.807) is 11.3 Å². The number of hydrogen-bond acceptors (Lipinski definition) is 2. The summed E-state index contributed by atoms with van der Waals surface area (Å²) in [5.74, 6) is 1.17. The molecule has 2 aromatic rings. The summed E-state index contributed by atoms with van der Waals surface area (Å²) in [6.07, 6.45) is 21.0. The van der Waals surface area contributed by atoms with Crippen molar-refractivity contribution in [3.8, 4) is 0 Å². The molecule has 136 valence electrons. The lowest BCUT2D eigenvalue weighted by molar-refractivity contribution is 0.535. The number of imidazole rings is 1. The lowest BCUT2D eigenvalue weighted by atomic mass is 10.0. The molecule has 0 aliphatic carbocycles. The van der Waals surface area contributed by atoms with Crippen LogP contribution in [0.25, 0.3) is 11.0 Å². The van der Waals surface area contributed by atoms with Crippen molar-refractivity contribution in [3.63, 3.8) is 0 Å². The number of fused-ring (bicyclic) bond motifs is 1. The molecular weight excluding hydrogens is 312 g/mol. The van der Waals surface area contributed by atoms with E-state index in [2.05, 4.69) is 27.7 Å². The van der Waals surface area contributed by atoms with Crippen molar-refractivity contribution in [3.05, 3.63) is 16.6 Å². The Labute approximate surface area is 152 Å². The number of aromatic amines is 1. The molecule has 0 saturated carbocycles. The number of hydrogen-bond donors (Lipinski definition) is 1. The summed E-state index contributed by atoms with van der Waals surface area (Å²) in [7, 11) is 0. The van der Waals surface area contributed by atoms with Crippen molar-refractivity contribution in [2.75, 3.05) is 0 Å². The molecule has 0 aromatic carbocycles. The second-order valence-electron chi connectivity index (χ2n) is 7.20. The molecule has 2 aromatic heterocycles. The minimum atomic E-state index is 1.11. The van der Waals surface area contributed by atoms with Gasteiger partial charge in [-0.2, -0.15) is 0 Å². The van der Waals surface area contributed by atoms with Crippen molar-refractivity contribution in [1.29, 1.82) is 0 Å². The Bertz CT molecular complexity index is 500. The molecule has 0 unspecified atom stereocenters. The Hall–Kier alpha value is -0.830. The average Bonchev–Trinajstić information content (AvgIpc) is 3.16. The van der Waals surface area contributed by atoms with Crippen LogP contribution >= 0.6 is 11.3 Å². The van der Waals surface area contributed by atoms with Crippen LogP contribution in [0.2, 0.25) is 0 Å². The van der Waals surface area contributed by atoms with Gasteiger partial charge < -0.3 is 4.98 Å². The van der Waals surface area contributed by atoms with Crippen molar-refractivity contribution >= 4 is 22.4 Å². The number of thiophene rings is 1. The molecule has 0 atom stereocenters. The van der Waals surface area contributed by atoms with Gasteiger partial charge in [-0.05, 0) is 6.42 Å². The molecule has 0 amide bonds. The first-order chi connectivity index (χ1) is 11.9. The minimum absolute atomic E-state index is 1.11. The number of aryl methyl sites for hydroxylation is 1. The van der Waals surface area contributed by atoms with E-state index in [1.807, 2.05) is 0 Å². The third kappa shape index (κ3) is 7.83. The van der Waals surface area contributed by atoms with Crippen LogP contribution in [0.1, 0.15) is 103 Å². The lowest BCUT2D eigenvalue weighted by Gasteiger charge is -2.03. The second kappa shape index (κ2) is 12.5. The first-order valence-electron chi connectivity index (χ1n) is 10.3. The molecular formula is C21H36N2S. The molecule has 2 nitrogen and oxygen atoms in total. The summed E-state index contributed by atoms with van der Waals surface area (Å²) in [4.78, 5) is 8.05. The van der Waals surface area contributed by atoms with Crippen LogP contribution in [0.5, 0.6) is 0 Å². The maximum atomic E-state index is 4.63. The molecule has 1 N–H and O–H groups in total. The highest BCUT2D eigenvalue weighted by atomic mass is 32.1. The topological polar surface area (TPSA) is 28.7 Å². The molecule has 0 aliphatic heterocycles. The highest BCUT2D eigenvalue weighted by Crippen LogP contribution is 2.18. The van der Waals surface area contributed by atoms with Gasteiger partial charge in [0.2, 0.25) is 0 Å². The predicted octanol–water partition coefficient (Wildman–Crippen LogP) is 7.65. The van der Waals surface area contributed by atoms with Gasteiger partial charge in [0.05, 0.1) is 11.0 Å². The van der Waals surface area contributed by atoms with Crippen molar-refractivity contribution in [2.45, 2.75) is 103 Å². The van der Waals surface area contributed by atoms with Gasteiger partial charge in [0, 0.05) is 17.2 Å². The fraction of sp³-hybridized carbons (Fsp3) is 0.762. The quantitative estimate of drug-likeness (QED) is 0.329. The van der Waals surface area contributed by atoms with E-state index >= 15 is 0 Å². The molecule has 3 heteroatoms. The number of nitrogens with zero attached hydrogens (tertiary/aromatic N) is 1. The van der Waals surface area contributed by atoms with Crippen molar-refractivity contribution < 1.29 is 0 Å². The van der Waals surface area contributed by atoms with Gasteiger partial charge in [0.25, 0.3) is 0 Å². The van der Waals surface area contributed by atoms with Crippen LogP contribution < -0.4 is 0 Å². The van der Waals surface area contributed by atoms with E-state index in [1.165, 1.54) is 101 Å². The summed E-state index contributed by atoms with van der Waals surface area (Å²) >= 11 is 1.72. The van der Waals surface area contributed by atoms with E-state index in [9.17, 15) is 0 Å². The first kappa shape index (κ1) is 19.5. The maximum absolute atomic E-state index is 4.63. The molecule has 0 bridgehead atoms. The summed E-state index contributed by atoms with van der Waals surface area (Å²) < 4.78 is 0. The molecule has 0 radical (unpaired) electrons. The smallest absolute Gasteiger partial charge is 0.107 e. The average molecular weight is 349 g/mol. The highest BCUT2D eigenvalue weighted by Gasteiger charge is 2.02. The summed E-state index contributed by atoms with van der Waals surface area (Å²) in [6.45, 7) is 2.29. The van der Waals surface area contributed by atoms with E-state index in [0.717, 1.165) is 11.9 Å². The molecule has 2 rings (SSSR count). The first-order valence-corrected chi connectivity index (χ1v) is 11.2. The number of rotatable bonds is 15. The van der Waals surface area contributed by atoms with E-state index < -0.39 is 0 Å². The van der Waals surface area contributed by atoms with E-state index in [4.69, 9.17) is 0 Å². The number of H-pyrrole nitrogens is 1. The monoisotopic (exact) mass is 348 g/mol. The summed E-state index contributed by atoms with van der Waals surface area (Å²) in [5, 5.41) is 4.28. The largest absolute Gasteiger partial charge is 0.341 e.